The molecule has 0 saturated carbocycles. The molecule has 1 saturated heterocycles. The summed E-state index contributed by atoms with van der Waals surface area (Å²) in [6.45, 7) is 9.28. The first kappa shape index (κ1) is 17.4. The Morgan fingerprint density at radius 3 is 2.75 bits per heavy atom. The molecule has 0 aromatic rings. The van der Waals surface area contributed by atoms with E-state index in [2.05, 4.69) is 17.3 Å². The maximum absolute atomic E-state index is 12.1. The average molecular weight is 286 g/mol. The second-order valence-electron chi connectivity index (χ2n) is 6.40. The number of likely N-dealkylation sites (N-methyl/N-ethyl adjacent to an activating group) is 1. The van der Waals surface area contributed by atoms with E-state index in [1.165, 1.54) is 13.5 Å². The van der Waals surface area contributed by atoms with Crippen LogP contribution < -0.4 is 5.32 Å². The zero-order valence-corrected chi connectivity index (χ0v) is 13.6. The maximum Gasteiger partial charge on any atom is 0.327 e. The Labute approximate surface area is 123 Å². The summed E-state index contributed by atoms with van der Waals surface area (Å²) in [7, 11) is 3.50. The van der Waals surface area contributed by atoms with Crippen LogP contribution in [0.15, 0.2) is 0 Å². The Balaban J connectivity index is 2.56. The van der Waals surface area contributed by atoms with Gasteiger partial charge >= 0.3 is 5.97 Å². The highest BCUT2D eigenvalue weighted by molar-refractivity contribution is 5.80. The van der Waals surface area contributed by atoms with Crippen LogP contribution in [-0.4, -0.2) is 62.9 Å². The lowest BCUT2D eigenvalue weighted by atomic mass is 9.98. The first-order valence-corrected chi connectivity index (χ1v) is 7.50. The summed E-state index contributed by atoms with van der Waals surface area (Å²) in [4.78, 5) is 14.3. The smallest absolute Gasteiger partial charge is 0.327 e. The van der Waals surface area contributed by atoms with Gasteiger partial charge in [-0.25, -0.2) is 0 Å². The monoisotopic (exact) mass is 286 g/mol. The molecule has 20 heavy (non-hydrogen) atoms. The SMILES string of the molecule is COC(=O)C(C)(CN(C)CC1CCCOC1)NC(C)C. The molecule has 0 radical (unpaired) electrons. The minimum Gasteiger partial charge on any atom is -0.468 e. The van der Waals surface area contributed by atoms with Gasteiger partial charge in [0.2, 0.25) is 0 Å². The Kier molecular flexibility index (Phi) is 6.92. The largest absolute Gasteiger partial charge is 0.468 e. The third kappa shape index (κ3) is 5.38. The van der Waals surface area contributed by atoms with Crippen molar-refractivity contribution in [2.75, 3.05) is 40.5 Å². The summed E-state index contributed by atoms with van der Waals surface area (Å²) >= 11 is 0. The maximum atomic E-state index is 12.1. The molecule has 1 aliphatic rings. The van der Waals surface area contributed by atoms with Gasteiger partial charge in [-0.15, -0.1) is 0 Å². The molecule has 1 aliphatic heterocycles. The molecule has 1 N–H and O–H groups in total. The molecular formula is C15H30N2O3. The highest BCUT2D eigenvalue weighted by Crippen LogP contribution is 2.16. The van der Waals surface area contributed by atoms with E-state index in [-0.39, 0.29) is 12.0 Å². The topological polar surface area (TPSA) is 50.8 Å². The molecule has 0 bridgehead atoms. The van der Waals surface area contributed by atoms with E-state index in [1.807, 2.05) is 20.8 Å². The predicted octanol–water partition coefficient (Wildman–Crippen LogP) is 1.27. The van der Waals surface area contributed by atoms with Gasteiger partial charge in [0.25, 0.3) is 0 Å². The average Bonchev–Trinajstić information content (AvgIpc) is 2.37. The van der Waals surface area contributed by atoms with Gasteiger partial charge in [-0.1, -0.05) is 0 Å². The summed E-state index contributed by atoms with van der Waals surface area (Å²) < 4.78 is 10.5. The number of hydrogen-bond acceptors (Lipinski definition) is 5. The van der Waals surface area contributed by atoms with Crippen LogP contribution in [0.3, 0.4) is 0 Å². The van der Waals surface area contributed by atoms with Crippen molar-refractivity contribution >= 4 is 5.97 Å². The lowest BCUT2D eigenvalue weighted by Crippen LogP contribution is -2.59. The molecule has 1 heterocycles. The lowest BCUT2D eigenvalue weighted by Gasteiger charge is -2.35. The van der Waals surface area contributed by atoms with Gasteiger partial charge in [-0.05, 0) is 46.6 Å². The summed E-state index contributed by atoms with van der Waals surface area (Å²) in [5.74, 6) is 0.354. The molecule has 2 unspecified atom stereocenters. The molecular weight excluding hydrogens is 256 g/mol. The van der Waals surface area contributed by atoms with E-state index in [9.17, 15) is 4.79 Å². The Morgan fingerprint density at radius 1 is 1.55 bits per heavy atom. The third-order valence-corrected chi connectivity index (χ3v) is 3.65. The van der Waals surface area contributed by atoms with E-state index in [1.54, 1.807) is 0 Å². The third-order valence-electron chi connectivity index (χ3n) is 3.65. The van der Waals surface area contributed by atoms with Gasteiger partial charge < -0.3 is 14.4 Å². The summed E-state index contributed by atoms with van der Waals surface area (Å²) in [6, 6.07) is 0.227. The standard InChI is InChI=1S/C15H30N2O3/c1-12(2)16-15(3,14(18)19-5)11-17(4)9-13-7-6-8-20-10-13/h12-13,16H,6-11H2,1-5H3. The number of methoxy groups -OCH3 is 1. The van der Waals surface area contributed by atoms with Crippen molar-refractivity contribution in [1.29, 1.82) is 0 Å². The number of rotatable bonds is 7. The molecule has 0 spiro atoms. The van der Waals surface area contributed by atoms with Crippen molar-refractivity contribution in [2.24, 2.45) is 5.92 Å². The number of carbonyl (C=O) groups excluding carboxylic acids is 1. The summed E-state index contributed by atoms with van der Waals surface area (Å²) in [5, 5.41) is 3.33. The van der Waals surface area contributed by atoms with E-state index in [4.69, 9.17) is 9.47 Å². The second-order valence-corrected chi connectivity index (χ2v) is 6.40. The molecule has 0 amide bonds. The number of nitrogens with zero attached hydrogens (tertiary/aromatic N) is 1. The molecule has 0 aromatic heterocycles. The lowest BCUT2D eigenvalue weighted by molar-refractivity contribution is -0.149. The fraction of sp³-hybridized carbons (Fsp3) is 0.933. The van der Waals surface area contributed by atoms with Gasteiger partial charge in [0.05, 0.1) is 13.7 Å². The van der Waals surface area contributed by atoms with Crippen LogP contribution in [-0.2, 0) is 14.3 Å². The minimum absolute atomic E-state index is 0.210. The second kappa shape index (κ2) is 7.96. The molecule has 0 aromatic carbocycles. The van der Waals surface area contributed by atoms with Crippen molar-refractivity contribution in [2.45, 2.75) is 45.2 Å². The number of hydrogen-bond donors (Lipinski definition) is 1. The first-order valence-electron chi connectivity index (χ1n) is 7.50. The molecule has 0 aliphatic carbocycles. The van der Waals surface area contributed by atoms with Crippen molar-refractivity contribution < 1.29 is 14.3 Å². The van der Waals surface area contributed by atoms with Crippen molar-refractivity contribution in [3.8, 4) is 0 Å². The van der Waals surface area contributed by atoms with Crippen molar-refractivity contribution in [3.05, 3.63) is 0 Å². The zero-order chi connectivity index (χ0) is 15.2. The van der Waals surface area contributed by atoms with Crippen LogP contribution in [0.5, 0.6) is 0 Å². The van der Waals surface area contributed by atoms with Gasteiger partial charge in [0.15, 0.2) is 0 Å². The quantitative estimate of drug-likeness (QED) is 0.714. The fourth-order valence-corrected chi connectivity index (χ4v) is 3.03. The van der Waals surface area contributed by atoms with Crippen LogP contribution in [0.1, 0.15) is 33.6 Å². The molecule has 5 heteroatoms. The van der Waals surface area contributed by atoms with E-state index >= 15 is 0 Å². The van der Waals surface area contributed by atoms with Gasteiger partial charge in [0, 0.05) is 25.7 Å². The Hall–Kier alpha value is -0.650. The Bertz CT molecular complexity index is 303. The molecule has 5 nitrogen and oxygen atoms in total. The van der Waals surface area contributed by atoms with Gasteiger partial charge in [-0.3, -0.25) is 10.1 Å². The van der Waals surface area contributed by atoms with Crippen molar-refractivity contribution in [3.63, 3.8) is 0 Å². The van der Waals surface area contributed by atoms with E-state index < -0.39 is 5.54 Å². The van der Waals surface area contributed by atoms with Crippen LogP contribution in [0.2, 0.25) is 0 Å². The van der Waals surface area contributed by atoms with E-state index in [0.717, 1.165) is 26.2 Å². The highest BCUT2D eigenvalue weighted by atomic mass is 16.5. The predicted molar refractivity (Wildman–Crippen MR) is 79.7 cm³/mol. The van der Waals surface area contributed by atoms with Crippen molar-refractivity contribution in [1.82, 2.24) is 10.2 Å². The molecule has 1 fully saturated rings. The van der Waals surface area contributed by atoms with Gasteiger partial charge in [0.1, 0.15) is 5.54 Å². The van der Waals surface area contributed by atoms with Crippen LogP contribution in [0.25, 0.3) is 0 Å². The number of carbonyl (C=O) groups is 1. The van der Waals surface area contributed by atoms with E-state index in [0.29, 0.717) is 12.5 Å². The number of esters is 1. The van der Waals surface area contributed by atoms with Gasteiger partial charge in [-0.2, -0.15) is 0 Å². The first-order chi connectivity index (χ1) is 9.37. The fourth-order valence-electron chi connectivity index (χ4n) is 3.03. The number of ether oxygens (including phenoxy) is 2. The normalized spacial score (nSPS) is 22.9. The minimum atomic E-state index is -0.673. The zero-order valence-electron chi connectivity index (χ0n) is 13.6. The summed E-state index contributed by atoms with van der Waals surface area (Å²) in [6.07, 6.45) is 2.34. The van der Waals surface area contributed by atoms with Crippen LogP contribution in [0.4, 0.5) is 0 Å². The van der Waals surface area contributed by atoms with Crippen LogP contribution in [0, 0.1) is 5.92 Å². The Morgan fingerprint density at radius 2 is 2.25 bits per heavy atom. The molecule has 2 atom stereocenters. The summed E-state index contributed by atoms with van der Waals surface area (Å²) in [5.41, 5.74) is -0.673. The molecule has 1 rings (SSSR count). The molecule has 118 valence electrons. The van der Waals surface area contributed by atoms with Crippen LogP contribution >= 0.6 is 0 Å². The highest BCUT2D eigenvalue weighted by Gasteiger charge is 2.36. The number of nitrogens with one attached hydrogen (secondary N) is 1.